The number of nitrogens with one attached hydrogen (secondary N) is 2. The lowest BCUT2D eigenvalue weighted by Gasteiger charge is -2.15. The van der Waals surface area contributed by atoms with Crippen molar-refractivity contribution in [1.29, 1.82) is 0 Å². The largest absolute Gasteiger partial charge is 0.339 e. The highest BCUT2D eigenvalue weighted by molar-refractivity contribution is 7.92. The van der Waals surface area contributed by atoms with Crippen LogP contribution in [0.3, 0.4) is 0 Å². The molecule has 0 atom stereocenters. The second-order valence-corrected chi connectivity index (χ2v) is 9.66. The molecule has 33 heavy (non-hydrogen) atoms. The first kappa shape index (κ1) is 22.5. The van der Waals surface area contributed by atoms with Crippen LogP contribution in [-0.4, -0.2) is 38.2 Å². The zero-order valence-corrected chi connectivity index (χ0v) is 19.1. The van der Waals surface area contributed by atoms with E-state index in [1.54, 1.807) is 36.4 Å². The molecule has 0 aliphatic carbocycles. The highest BCUT2D eigenvalue weighted by atomic mass is 32.2. The van der Waals surface area contributed by atoms with E-state index >= 15 is 0 Å². The third-order valence-electron chi connectivity index (χ3n) is 5.60. The van der Waals surface area contributed by atoms with Crippen molar-refractivity contribution < 1.29 is 18.0 Å². The van der Waals surface area contributed by atoms with E-state index in [0.29, 0.717) is 22.5 Å². The molecular weight excluding hydrogens is 438 g/mol. The minimum Gasteiger partial charge on any atom is -0.339 e. The van der Waals surface area contributed by atoms with Crippen LogP contribution >= 0.6 is 0 Å². The molecule has 0 bridgehead atoms. The second-order valence-electron chi connectivity index (χ2n) is 7.98. The lowest BCUT2D eigenvalue weighted by molar-refractivity contribution is 0.0792. The highest BCUT2D eigenvalue weighted by Crippen LogP contribution is 2.20. The summed E-state index contributed by atoms with van der Waals surface area (Å²) in [6, 6.07) is 19.6. The monoisotopic (exact) mass is 463 g/mol. The van der Waals surface area contributed by atoms with E-state index in [-0.39, 0.29) is 16.7 Å². The number of anilines is 2. The molecule has 0 radical (unpaired) electrons. The fourth-order valence-corrected chi connectivity index (χ4v) is 4.81. The van der Waals surface area contributed by atoms with Crippen LogP contribution in [0.5, 0.6) is 0 Å². The van der Waals surface area contributed by atoms with Gasteiger partial charge in [-0.1, -0.05) is 18.2 Å². The van der Waals surface area contributed by atoms with Gasteiger partial charge < -0.3 is 10.2 Å². The number of hydrogen-bond acceptors (Lipinski definition) is 4. The van der Waals surface area contributed by atoms with E-state index in [1.807, 2.05) is 24.0 Å². The quantitative estimate of drug-likeness (QED) is 0.570. The number of hydrogen-bond donors (Lipinski definition) is 2. The average Bonchev–Trinajstić information content (AvgIpc) is 3.36. The fourth-order valence-electron chi connectivity index (χ4n) is 3.68. The van der Waals surface area contributed by atoms with E-state index in [1.165, 1.54) is 24.3 Å². The predicted octanol–water partition coefficient (Wildman–Crippen LogP) is 4.28. The molecule has 0 spiro atoms. The van der Waals surface area contributed by atoms with Crippen LogP contribution in [-0.2, 0) is 10.0 Å². The van der Waals surface area contributed by atoms with Gasteiger partial charge >= 0.3 is 0 Å². The number of carbonyl (C=O) groups is 2. The van der Waals surface area contributed by atoms with Crippen molar-refractivity contribution in [3.05, 3.63) is 89.5 Å². The molecule has 7 nitrogen and oxygen atoms in total. The first-order valence-electron chi connectivity index (χ1n) is 10.7. The first-order valence-corrected chi connectivity index (χ1v) is 12.2. The summed E-state index contributed by atoms with van der Waals surface area (Å²) in [4.78, 5) is 26.9. The summed E-state index contributed by atoms with van der Waals surface area (Å²) in [5.41, 5.74) is 2.78. The number of rotatable bonds is 6. The van der Waals surface area contributed by atoms with Crippen LogP contribution in [0, 0.1) is 6.92 Å². The third kappa shape index (κ3) is 5.23. The summed E-state index contributed by atoms with van der Waals surface area (Å²) in [6.45, 7) is 3.38. The minimum absolute atomic E-state index is 0.00137. The molecule has 3 aromatic carbocycles. The van der Waals surface area contributed by atoms with Crippen LogP contribution in [0.2, 0.25) is 0 Å². The Morgan fingerprint density at radius 2 is 1.42 bits per heavy atom. The maximum Gasteiger partial charge on any atom is 0.261 e. The lowest BCUT2D eigenvalue weighted by atomic mass is 10.1. The van der Waals surface area contributed by atoms with Crippen molar-refractivity contribution in [1.82, 2.24) is 4.90 Å². The maximum atomic E-state index is 12.7. The van der Waals surface area contributed by atoms with Gasteiger partial charge in [-0.15, -0.1) is 0 Å². The van der Waals surface area contributed by atoms with Gasteiger partial charge in [-0.05, 0) is 79.9 Å². The molecule has 1 heterocycles. The highest BCUT2D eigenvalue weighted by Gasteiger charge is 2.19. The molecule has 1 aliphatic rings. The molecule has 1 fully saturated rings. The van der Waals surface area contributed by atoms with Crippen molar-refractivity contribution in [2.75, 3.05) is 23.1 Å². The van der Waals surface area contributed by atoms with Crippen LogP contribution in [0.4, 0.5) is 11.4 Å². The molecule has 2 amide bonds. The third-order valence-corrected chi connectivity index (χ3v) is 6.98. The van der Waals surface area contributed by atoms with Crippen molar-refractivity contribution in [3.8, 4) is 0 Å². The summed E-state index contributed by atoms with van der Waals surface area (Å²) < 4.78 is 27.9. The maximum absolute atomic E-state index is 12.7. The van der Waals surface area contributed by atoms with E-state index in [0.717, 1.165) is 31.5 Å². The predicted molar refractivity (Wildman–Crippen MR) is 128 cm³/mol. The molecule has 1 aliphatic heterocycles. The van der Waals surface area contributed by atoms with Crippen LogP contribution in [0.15, 0.2) is 77.7 Å². The Morgan fingerprint density at radius 3 is 2.06 bits per heavy atom. The lowest BCUT2D eigenvalue weighted by Crippen LogP contribution is -2.27. The van der Waals surface area contributed by atoms with Gasteiger partial charge in [0, 0.05) is 29.9 Å². The Bertz CT molecular complexity index is 1260. The summed E-state index contributed by atoms with van der Waals surface area (Å²) in [5.74, 6) is -0.370. The Morgan fingerprint density at radius 1 is 0.818 bits per heavy atom. The van der Waals surface area contributed by atoms with Gasteiger partial charge in [-0.3, -0.25) is 14.3 Å². The van der Waals surface area contributed by atoms with Gasteiger partial charge in [0.2, 0.25) is 0 Å². The zero-order chi connectivity index (χ0) is 23.4. The van der Waals surface area contributed by atoms with Crippen LogP contribution < -0.4 is 10.0 Å². The first-order chi connectivity index (χ1) is 15.8. The van der Waals surface area contributed by atoms with E-state index in [4.69, 9.17) is 0 Å². The summed E-state index contributed by atoms with van der Waals surface area (Å²) in [7, 11) is -3.77. The summed E-state index contributed by atoms with van der Waals surface area (Å²) in [6.07, 6.45) is 2.06. The zero-order valence-electron chi connectivity index (χ0n) is 18.2. The molecular formula is C25H25N3O4S. The Labute approximate surface area is 193 Å². The summed E-state index contributed by atoms with van der Waals surface area (Å²) >= 11 is 0. The van der Waals surface area contributed by atoms with Gasteiger partial charge in [0.25, 0.3) is 21.8 Å². The van der Waals surface area contributed by atoms with Gasteiger partial charge in [0.1, 0.15) is 0 Å². The molecule has 2 N–H and O–H groups in total. The van der Waals surface area contributed by atoms with Crippen molar-refractivity contribution in [2.45, 2.75) is 24.7 Å². The molecule has 3 aromatic rings. The number of benzene rings is 3. The average molecular weight is 464 g/mol. The smallest absolute Gasteiger partial charge is 0.261 e. The standard InChI is InChI=1S/C25H25N3O4S/c1-18-6-2-3-7-23(18)27-33(31,32)22-14-10-19(11-15-22)24(29)26-21-12-8-20(9-13-21)25(30)28-16-4-5-17-28/h2-3,6-15,27H,4-5,16-17H2,1H3,(H,26,29). The number of carbonyl (C=O) groups excluding carboxylic acids is 2. The second kappa shape index (κ2) is 9.46. The molecule has 0 unspecified atom stereocenters. The van der Waals surface area contributed by atoms with Gasteiger partial charge in [-0.25, -0.2) is 8.42 Å². The van der Waals surface area contributed by atoms with Gasteiger partial charge in [0.15, 0.2) is 0 Å². The fraction of sp³-hybridized carbons (Fsp3) is 0.200. The molecule has 170 valence electrons. The Hall–Kier alpha value is -3.65. The number of nitrogens with zero attached hydrogens (tertiary/aromatic N) is 1. The van der Waals surface area contributed by atoms with Gasteiger partial charge in [-0.2, -0.15) is 0 Å². The van der Waals surface area contributed by atoms with E-state index in [2.05, 4.69) is 10.0 Å². The molecule has 0 aromatic heterocycles. The van der Waals surface area contributed by atoms with E-state index < -0.39 is 10.0 Å². The number of likely N-dealkylation sites (tertiary alicyclic amines) is 1. The minimum atomic E-state index is -3.77. The van der Waals surface area contributed by atoms with Crippen LogP contribution in [0.25, 0.3) is 0 Å². The SMILES string of the molecule is Cc1ccccc1NS(=O)(=O)c1ccc(C(=O)Nc2ccc(C(=O)N3CCCC3)cc2)cc1. The Kier molecular flexibility index (Phi) is 6.46. The van der Waals surface area contributed by atoms with Crippen molar-refractivity contribution in [2.24, 2.45) is 0 Å². The number of sulfonamides is 1. The molecule has 0 saturated carbocycles. The summed E-state index contributed by atoms with van der Waals surface area (Å²) in [5, 5.41) is 2.77. The van der Waals surface area contributed by atoms with Gasteiger partial charge in [0.05, 0.1) is 10.6 Å². The van der Waals surface area contributed by atoms with E-state index in [9.17, 15) is 18.0 Å². The van der Waals surface area contributed by atoms with Crippen molar-refractivity contribution in [3.63, 3.8) is 0 Å². The van der Waals surface area contributed by atoms with Crippen LogP contribution in [0.1, 0.15) is 39.1 Å². The number of amides is 2. The molecule has 8 heteroatoms. The molecule has 1 saturated heterocycles. The topological polar surface area (TPSA) is 95.6 Å². The van der Waals surface area contributed by atoms with Crippen molar-refractivity contribution >= 4 is 33.2 Å². The number of aryl methyl sites for hydroxylation is 1. The normalized spacial score (nSPS) is 13.5. The number of para-hydroxylation sites is 1. The molecule has 4 rings (SSSR count). The Balaban J connectivity index is 1.41.